The average molecular weight is 190 g/mol. The predicted molar refractivity (Wildman–Crippen MR) is 48.5 cm³/mol. The molecule has 0 fully saturated rings. The Balaban J connectivity index is 2.86. The van der Waals surface area contributed by atoms with Crippen LogP contribution in [0.1, 0.15) is 10.4 Å². The van der Waals surface area contributed by atoms with Gasteiger partial charge in [0, 0.05) is 23.3 Å². The summed E-state index contributed by atoms with van der Waals surface area (Å²) in [6.45, 7) is 0. The van der Waals surface area contributed by atoms with Gasteiger partial charge in [0.25, 0.3) is 0 Å². The van der Waals surface area contributed by atoms with E-state index >= 15 is 0 Å². The summed E-state index contributed by atoms with van der Waals surface area (Å²) >= 11 is 0. The van der Waals surface area contributed by atoms with Gasteiger partial charge in [-0.05, 0) is 6.07 Å². The lowest BCUT2D eigenvalue weighted by atomic mass is 10.2. The molecule has 0 bridgehead atoms. The van der Waals surface area contributed by atoms with Gasteiger partial charge in [0.15, 0.2) is 6.29 Å². The minimum atomic E-state index is -1.13. The fourth-order valence-electron chi connectivity index (χ4n) is 1.35. The summed E-state index contributed by atoms with van der Waals surface area (Å²) in [5.74, 6) is 0. The molecule has 1 N–H and O–H groups in total. The van der Waals surface area contributed by atoms with E-state index in [2.05, 4.69) is 4.98 Å². The summed E-state index contributed by atoms with van der Waals surface area (Å²) in [6.07, 6.45) is 3.71. The molecule has 0 radical (unpaired) electrons. The van der Waals surface area contributed by atoms with Gasteiger partial charge in [-0.15, -0.1) is 0 Å². The molecule has 5 heteroatoms. The Labute approximate surface area is 78.6 Å². The second-order valence-corrected chi connectivity index (χ2v) is 2.75. The number of pyridine rings is 1. The third-order valence-corrected chi connectivity index (χ3v) is 1.97. The maximum atomic E-state index is 10.8. The molecule has 5 nitrogen and oxygen atoms in total. The first-order chi connectivity index (χ1) is 6.74. The van der Waals surface area contributed by atoms with Crippen LogP contribution in [0, 0.1) is 0 Å². The van der Waals surface area contributed by atoms with E-state index in [4.69, 9.17) is 5.11 Å². The predicted octanol–water partition coefficient (Wildman–Crippen LogP) is 1.37. The van der Waals surface area contributed by atoms with Crippen molar-refractivity contribution in [1.29, 1.82) is 0 Å². The summed E-state index contributed by atoms with van der Waals surface area (Å²) in [7, 11) is 0. The Morgan fingerprint density at radius 2 is 2.36 bits per heavy atom. The molecule has 0 saturated carbocycles. The molecule has 0 aliphatic carbocycles. The van der Waals surface area contributed by atoms with E-state index in [1.807, 2.05) is 0 Å². The van der Waals surface area contributed by atoms with Gasteiger partial charge in [0.2, 0.25) is 0 Å². The van der Waals surface area contributed by atoms with Crippen LogP contribution in [0.2, 0.25) is 0 Å². The lowest BCUT2D eigenvalue weighted by Gasteiger charge is -1.94. The fourth-order valence-corrected chi connectivity index (χ4v) is 1.35. The second kappa shape index (κ2) is 2.95. The number of hydrogen-bond donors (Lipinski definition) is 1. The highest BCUT2D eigenvalue weighted by atomic mass is 16.4. The van der Waals surface area contributed by atoms with Gasteiger partial charge in [-0.2, -0.15) is 0 Å². The Morgan fingerprint density at radius 1 is 1.57 bits per heavy atom. The third-order valence-electron chi connectivity index (χ3n) is 1.97. The number of aromatic nitrogens is 2. The number of carboxylic acid groups (broad SMARTS) is 1. The van der Waals surface area contributed by atoms with Gasteiger partial charge >= 0.3 is 6.09 Å². The summed E-state index contributed by atoms with van der Waals surface area (Å²) in [5, 5.41) is 9.41. The van der Waals surface area contributed by atoms with Crippen LogP contribution in [0.4, 0.5) is 4.79 Å². The highest BCUT2D eigenvalue weighted by Gasteiger charge is 2.11. The van der Waals surface area contributed by atoms with Crippen molar-refractivity contribution in [2.45, 2.75) is 0 Å². The summed E-state index contributed by atoms with van der Waals surface area (Å²) in [4.78, 5) is 25.2. The normalized spacial score (nSPS) is 10.3. The molecule has 0 aliphatic rings. The van der Waals surface area contributed by atoms with Crippen molar-refractivity contribution >= 4 is 23.3 Å². The maximum absolute atomic E-state index is 10.8. The number of rotatable bonds is 1. The Bertz CT molecular complexity index is 516. The van der Waals surface area contributed by atoms with E-state index in [0.717, 1.165) is 4.57 Å². The molecule has 0 aromatic carbocycles. The zero-order chi connectivity index (χ0) is 10.1. The minimum Gasteiger partial charge on any atom is -0.464 e. The van der Waals surface area contributed by atoms with Crippen molar-refractivity contribution < 1.29 is 14.7 Å². The van der Waals surface area contributed by atoms with Crippen LogP contribution in [0.5, 0.6) is 0 Å². The molecule has 0 aliphatic heterocycles. The smallest absolute Gasteiger partial charge is 0.416 e. The SMILES string of the molecule is O=Cc1cn(C(=O)O)c2cnccc12. The Morgan fingerprint density at radius 3 is 3.00 bits per heavy atom. The van der Waals surface area contributed by atoms with E-state index < -0.39 is 6.09 Å². The van der Waals surface area contributed by atoms with E-state index in [-0.39, 0.29) is 0 Å². The number of carbonyl (C=O) groups excluding carboxylic acids is 1. The molecule has 0 unspecified atom stereocenters. The van der Waals surface area contributed by atoms with Gasteiger partial charge in [0.1, 0.15) is 0 Å². The molecule has 0 spiro atoms. The van der Waals surface area contributed by atoms with Crippen molar-refractivity contribution in [2.24, 2.45) is 0 Å². The largest absolute Gasteiger partial charge is 0.464 e. The summed E-state index contributed by atoms with van der Waals surface area (Å²) in [6, 6.07) is 1.61. The zero-order valence-electron chi connectivity index (χ0n) is 7.04. The molecule has 0 saturated heterocycles. The van der Waals surface area contributed by atoms with Crippen LogP contribution in [-0.4, -0.2) is 27.0 Å². The molecule has 2 aromatic rings. The number of aldehydes is 1. The van der Waals surface area contributed by atoms with Gasteiger partial charge < -0.3 is 5.11 Å². The third kappa shape index (κ3) is 1.06. The Kier molecular flexibility index (Phi) is 1.78. The lowest BCUT2D eigenvalue weighted by molar-refractivity contribution is 0.112. The highest BCUT2D eigenvalue weighted by molar-refractivity contribution is 6.00. The van der Waals surface area contributed by atoms with Crippen LogP contribution in [0.3, 0.4) is 0 Å². The molecular weight excluding hydrogens is 184 g/mol. The van der Waals surface area contributed by atoms with Crippen LogP contribution < -0.4 is 0 Å². The van der Waals surface area contributed by atoms with Gasteiger partial charge in [-0.1, -0.05) is 0 Å². The maximum Gasteiger partial charge on any atom is 0.416 e. The molecular formula is C9H6N2O3. The lowest BCUT2D eigenvalue weighted by Crippen LogP contribution is -2.05. The van der Waals surface area contributed by atoms with Crippen LogP contribution >= 0.6 is 0 Å². The monoisotopic (exact) mass is 190 g/mol. The van der Waals surface area contributed by atoms with Gasteiger partial charge in [-0.3, -0.25) is 14.3 Å². The zero-order valence-corrected chi connectivity index (χ0v) is 7.04. The molecule has 70 valence electrons. The van der Waals surface area contributed by atoms with E-state index in [1.54, 1.807) is 6.07 Å². The minimum absolute atomic E-state index is 0.352. The van der Waals surface area contributed by atoms with Crippen LogP contribution in [0.25, 0.3) is 10.9 Å². The average Bonchev–Trinajstić information content (AvgIpc) is 2.56. The van der Waals surface area contributed by atoms with Gasteiger partial charge in [-0.25, -0.2) is 4.79 Å². The quantitative estimate of drug-likeness (QED) is 0.689. The molecule has 2 rings (SSSR count). The topological polar surface area (TPSA) is 72.2 Å². The highest BCUT2D eigenvalue weighted by Crippen LogP contribution is 2.18. The molecule has 2 heterocycles. The first kappa shape index (κ1) is 8.43. The van der Waals surface area contributed by atoms with Crippen molar-refractivity contribution in [3.8, 4) is 0 Å². The summed E-state index contributed by atoms with van der Waals surface area (Å²) < 4.78 is 0.978. The molecule has 14 heavy (non-hydrogen) atoms. The Hall–Kier alpha value is -2.17. The number of hydrogen-bond acceptors (Lipinski definition) is 3. The first-order valence-electron chi connectivity index (χ1n) is 3.87. The molecule has 2 aromatic heterocycles. The standard InChI is InChI=1S/C9H6N2O3/c12-5-6-4-11(9(13)14)8-3-10-2-1-7(6)8/h1-5H,(H,13,14). The van der Waals surface area contributed by atoms with Crippen LogP contribution in [0.15, 0.2) is 24.7 Å². The van der Waals surface area contributed by atoms with Crippen molar-refractivity contribution in [1.82, 2.24) is 9.55 Å². The van der Waals surface area contributed by atoms with Crippen molar-refractivity contribution in [2.75, 3.05) is 0 Å². The van der Waals surface area contributed by atoms with E-state index in [1.165, 1.54) is 18.6 Å². The van der Waals surface area contributed by atoms with Crippen molar-refractivity contribution in [3.05, 3.63) is 30.2 Å². The van der Waals surface area contributed by atoms with E-state index in [0.29, 0.717) is 22.8 Å². The van der Waals surface area contributed by atoms with Crippen LogP contribution in [-0.2, 0) is 0 Å². The van der Waals surface area contributed by atoms with Crippen molar-refractivity contribution in [3.63, 3.8) is 0 Å². The first-order valence-corrected chi connectivity index (χ1v) is 3.87. The van der Waals surface area contributed by atoms with E-state index in [9.17, 15) is 9.59 Å². The number of carbonyl (C=O) groups is 2. The second-order valence-electron chi connectivity index (χ2n) is 2.75. The number of nitrogens with zero attached hydrogens (tertiary/aromatic N) is 2. The molecule has 0 amide bonds. The fraction of sp³-hybridized carbons (Fsp3) is 0. The number of fused-ring (bicyclic) bond motifs is 1. The summed E-state index contributed by atoms with van der Waals surface area (Å²) in [5.41, 5.74) is 0.770. The van der Waals surface area contributed by atoms with Gasteiger partial charge in [0.05, 0.1) is 11.7 Å². The molecule has 0 atom stereocenters.